The lowest BCUT2D eigenvalue weighted by Gasteiger charge is -2.22. The third-order valence-corrected chi connectivity index (χ3v) is 4.97. The first kappa shape index (κ1) is 18.2. The topological polar surface area (TPSA) is 74.1 Å². The lowest BCUT2D eigenvalue weighted by Crippen LogP contribution is -2.31. The number of nitrogens with zero attached hydrogens (tertiary/aromatic N) is 3. The van der Waals surface area contributed by atoms with Gasteiger partial charge in [-0.1, -0.05) is 17.8 Å². The molecule has 2 rings (SSSR count). The molecule has 0 N–H and O–H groups in total. The van der Waals surface area contributed by atoms with Crippen LogP contribution in [0, 0.1) is 18.3 Å². The second kappa shape index (κ2) is 8.11. The Morgan fingerprint density at radius 1 is 1.46 bits per heavy atom. The van der Waals surface area contributed by atoms with Crippen LogP contribution in [-0.2, 0) is 4.79 Å². The molecule has 0 saturated carbocycles. The van der Waals surface area contributed by atoms with E-state index in [0.717, 1.165) is 25.0 Å². The summed E-state index contributed by atoms with van der Waals surface area (Å²) in [6.45, 7) is 5.81. The molecule has 24 heavy (non-hydrogen) atoms. The third kappa shape index (κ3) is 4.04. The Kier molecular flexibility index (Phi) is 6.16. The molecule has 0 spiro atoms. The van der Waals surface area contributed by atoms with Gasteiger partial charge in [0.2, 0.25) is 5.91 Å². The molecule has 0 unspecified atom stereocenters. The molecule has 5 nitrogen and oxygen atoms in total. The predicted molar refractivity (Wildman–Crippen MR) is 93.7 cm³/mol. The van der Waals surface area contributed by atoms with Crippen LogP contribution in [0.4, 0.5) is 0 Å². The number of allylic oxidation sites excluding steroid dienone is 2. The van der Waals surface area contributed by atoms with Crippen LogP contribution in [0.2, 0.25) is 0 Å². The smallest absolute Gasteiger partial charge is 0.237 e. The van der Waals surface area contributed by atoms with E-state index in [4.69, 9.17) is 0 Å². The summed E-state index contributed by atoms with van der Waals surface area (Å²) in [5.41, 5.74) is 2.47. The zero-order valence-corrected chi connectivity index (χ0v) is 15.1. The lowest BCUT2D eigenvalue weighted by molar-refractivity contribution is -0.126. The van der Waals surface area contributed by atoms with Gasteiger partial charge in [-0.15, -0.1) is 0 Å². The molecule has 1 aromatic rings. The molecule has 0 aromatic carbocycles. The van der Waals surface area contributed by atoms with Crippen molar-refractivity contribution in [2.75, 3.05) is 12.3 Å². The van der Waals surface area contributed by atoms with Crippen molar-refractivity contribution in [3.63, 3.8) is 0 Å². The Morgan fingerprint density at radius 2 is 2.21 bits per heavy atom. The molecular formula is C18H21N3O2S. The van der Waals surface area contributed by atoms with Crippen LogP contribution < -0.4 is 0 Å². The molecule has 0 aliphatic heterocycles. The summed E-state index contributed by atoms with van der Waals surface area (Å²) in [6.07, 6.45) is 5.19. The van der Waals surface area contributed by atoms with Gasteiger partial charge in [-0.2, -0.15) is 5.26 Å². The number of hydrogen-bond acceptors (Lipinski definition) is 5. The highest BCUT2D eigenvalue weighted by Gasteiger charge is 2.20. The third-order valence-electron chi connectivity index (χ3n) is 3.99. The summed E-state index contributed by atoms with van der Waals surface area (Å²) in [4.78, 5) is 30.2. The zero-order chi connectivity index (χ0) is 17.7. The van der Waals surface area contributed by atoms with Crippen LogP contribution in [0.3, 0.4) is 0 Å². The highest BCUT2D eigenvalue weighted by molar-refractivity contribution is 8.00. The maximum absolute atomic E-state index is 12.5. The molecule has 1 aliphatic rings. The second-order valence-electron chi connectivity index (χ2n) is 5.66. The molecule has 1 aromatic heterocycles. The molecule has 0 fully saturated rings. The minimum absolute atomic E-state index is 0.0228. The number of carbonyl (C=O) groups is 2. The summed E-state index contributed by atoms with van der Waals surface area (Å²) >= 11 is 1.25. The Balaban J connectivity index is 2.13. The molecule has 6 heteroatoms. The van der Waals surface area contributed by atoms with Gasteiger partial charge in [0, 0.05) is 23.5 Å². The van der Waals surface area contributed by atoms with Gasteiger partial charge in [0.25, 0.3) is 0 Å². The standard InChI is InChI=1S/C18H21N3O2S/c1-4-21(15-7-5-6-8-15)17(23)11-24-18-14(10-19)9-16(13(3)22)12(2)20-18/h7,9H,4-6,8,11H2,1-3H3. The number of thioether (sulfide) groups is 1. The summed E-state index contributed by atoms with van der Waals surface area (Å²) in [6, 6.07) is 3.63. The number of ketones is 1. The predicted octanol–water partition coefficient (Wildman–Crippen LogP) is 3.47. The second-order valence-corrected chi connectivity index (χ2v) is 6.62. The fraction of sp³-hybridized carbons (Fsp3) is 0.444. The van der Waals surface area contributed by atoms with Crippen LogP contribution >= 0.6 is 11.8 Å². The number of aromatic nitrogens is 1. The van der Waals surface area contributed by atoms with E-state index in [-0.39, 0.29) is 17.4 Å². The fourth-order valence-electron chi connectivity index (χ4n) is 2.78. The van der Waals surface area contributed by atoms with Crippen LogP contribution in [0.5, 0.6) is 0 Å². The van der Waals surface area contributed by atoms with E-state index in [9.17, 15) is 14.9 Å². The molecule has 0 saturated heterocycles. The van der Waals surface area contributed by atoms with Crippen LogP contribution in [-0.4, -0.2) is 33.9 Å². The van der Waals surface area contributed by atoms with Crippen LogP contribution in [0.25, 0.3) is 0 Å². The minimum atomic E-state index is -0.116. The Morgan fingerprint density at radius 3 is 2.75 bits per heavy atom. The van der Waals surface area contributed by atoms with E-state index in [1.54, 1.807) is 13.0 Å². The molecule has 0 radical (unpaired) electrons. The summed E-state index contributed by atoms with van der Waals surface area (Å²) in [5, 5.41) is 9.79. The first-order valence-electron chi connectivity index (χ1n) is 8.02. The van der Waals surface area contributed by atoms with Crippen molar-refractivity contribution in [1.29, 1.82) is 5.26 Å². The van der Waals surface area contributed by atoms with E-state index < -0.39 is 0 Å². The van der Waals surface area contributed by atoms with Crippen molar-refractivity contribution >= 4 is 23.5 Å². The van der Waals surface area contributed by atoms with Crippen molar-refractivity contribution in [2.24, 2.45) is 0 Å². The number of pyridine rings is 1. The fourth-order valence-corrected chi connectivity index (χ4v) is 3.65. The number of Topliss-reactive ketones (excluding diaryl/α,β-unsaturated/α-hetero) is 1. The molecule has 1 aliphatic carbocycles. The molecule has 0 bridgehead atoms. The molecular weight excluding hydrogens is 322 g/mol. The number of hydrogen-bond donors (Lipinski definition) is 0. The molecule has 0 atom stereocenters. The number of rotatable bonds is 6. The first-order valence-corrected chi connectivity index (χ1v) is 9.01. The van der Waals surface area contributed by atoms with Gasteiger partial charge in [-0.25, -0.2) is 4.98 Å². The monoisotopic (exact) mass is 343 g/mol. The van der Waals surface area contributed by atoms with E-state index in [1.165, 1.54) is 18.7 Å². The van der Waals surface area contributed by atoms with Crippen LogP contribution in [0.15, 0.2) is 22.9 Å². The van der Waals surface area contributed by atoms with Gasteiger partial charge in [0.1, 0.15) is 11.1 Å². The zero-order valence-electron chi connectivity index (χ0n) is 14.3. The maximum Gasteiger partial charge on any atom is 0.237 e. The van der Waals surface area contributed by atoms with Crippen molar-refractivity contribution in [1.82, 2.24) is 9.88 Å². The van der Waals surface area contributed by atoms with Gasteiger partial charge in [-0.3, -0.25) is 9.59 Å². The quantitative estimate of drug-likeness (QED) is 0.584. The largest absolute Gasteiger partial charge is 0.316 e. The Bertz CT molecular complexity index is 735. The SMILES string of the molecule is CCN(C(=O)CSc1nc(C)c(C(C)=O)cc1C#N)C1=CCCC1. The van der Waals surface area contributed by atoms with E-state index in [0.29, 0.717) is 28.4 Å². The number of aryl methyl sites for hydroxylation is 1. The van der Waals surface area contributed by atoms with Crippen molar-refractivity contribution in [3.05, 3.63) is 34.7 Å². The average molecular weight is 343 g/mol. The minimum Gasteiger partial charge on any atom is -0.316 e. The average Bonchev–Trinajstić information content (AvgIpc) is 3.07. The van der Waals surface area contributed by atoms with Gasteiger partial charge in [-0.05, 0) is 46.1 Å². The van der Waals surface area contributed by atoms with Crippen molar-refractivity contribution < 1.29 is 9.59 Å². The van der Waals surface area contributed by atoms with E-state index in [1.807, 2.05) is 11.8 Å². The lowest BCUT2D eigenvalue weighted by atomic mass is 10.1. The van der Waals surface area contributed by atoms with Gasteiger partial charge < -0.3 is 4.90 Å². The molecule has 126 valence electrons. The van der Waals surface area contributed by atoms with Gasteiger partial charge in [0.05, 0.1) is 11.3 Å². The Labute approximate surface area is 146 Å². The first-order chi connectivity index (χ1) is 11.5. The van der Waals surface area contributed by atoms with Crippen molar-refractivity contribution in [3.8, 4) is 6.07 Å². The summed E-state index contributed by atoms with van der Waals surface area (Å²) in [7, 11) is 0. The normalized spacial score (nSPS) is 13.3. The van der Waals surface area contributed by atoms with Gasteiger partial charge in [0.15, 0.2) is 5.78 Å². The van der Waals surface area contributed by atoms with E-state index in [2.05, 4.69) is 17.1 Å². The van der Waals surface area contributed by atoms with Crippen molar-refractivity contribution in [2.45, 2.75) is 45.1 Å². The Hall–Kier alpha value is -2.13. The number of amides is 1. The number of carbonyl (C=O) groups excluding carboxylic acids is 2. The summed E-state index contributed by atoms with van der Waals surface area (Å²) in [5.74, 6) is 0.134. The molecule has 1 heterocycles. The van der Waals surface area contributed by atoms with Gasteiger partial charge >= 0.3 is 0 Å². The van der Waals surface area contributed by atoms with E-state index >= 15 is 0 Å². The highest BCUT2D eigenvalue weighted by atomic mass is 32.2. The summed E-state index contributed by atoms with van der Waals surface area (Å²) < 4.78 is 0. The highest BCUT2D eigenvalue weighted by Crippen LogP contribution is 2.26. The van der Waals surface area contributed by atoms with Crippen LogP contribution in [0.1, 0.15) is 54.7 Å². The number of nitriles is 1. The molecule has 1 amide bonds. The maximum atomic E-state index is 12.5.